The first-order valence-corrected chi connectivity index (χ1v) is 8.26. The third-order valence-electron chi connectivity index (χ3n) is 2.87. The molecule has 2 N–H and O–H groups in total. The molecule has 0 bridgehead atoms. The maximum absolute atomic E-state index is 12.3. The summed E-state index contributed by atoms with van der Waals surface area (Å²) in [6.07, 6.45) is 1.59. The Morgan fingerprint density at radius 3 is 2.67 bits per heavy atom. The van der Waals surface area contributed by atoms with Gasteiger partial charge in [0.15, 0.2) is 0 Å². The van der Waals surface area contributed by atoms with Gasteiger partial charge in [0.1, 0.15) is 16.7 Å². The minimum absolute atomic E-state index is 0.00271. The molecular formula is C13H18ClNO5S. The van der Waals surface area contributed by atoms with Crippen LogP contribution in [0.3, 0.4) is 0 Å². The molecular weight excluding hydrogens is 318 g/mol. The minimum Gasteiger partial charge on any atom is -0.497 e. The van der Waals surface area contributed by atoms with Crippen LogP contribution in [0.25, 0.3) is 0 Å². The molecule has 8 heteroatoms. The topological polar surface area (TPSA) is 92.7 Å². The lowest BCUT2D eigenvalue weighted by Crippen LogP contribution is -2.40. The average molecular weight is 336 g/mol. The fourth-order valence-electron chi connectivity index (χ4n) is 1.71. The maximum atomic E-state index is 12.3. The van der Waals surface area contributed by atoms with E-state index in [1.165, 1.54) is 25.3 Å². The number of aliphatic carboxylic acids is 1. The van der Waals surface area contributed by atoms with E-state index in [-0.39, 0.29) is 16.3 Å². The van der Waals surface area contributed by atoms with Crippen molar-refractivity contribution in [3.05, 3.63) is 23.2 Å². The second-order valence-corrected chi connectivity index (χ2v) is 6.54. The van der Waals surface area contributed by atoms with Gasteiger partial charge in [0.05, 0.1) is 12.1 Å². The van der Waals surface area contributed by atoms with Crippen LogP contribution in [0.1, 0.15) is 26.2 Å². The number of ether oxygens (including phenoxy) is 1. The Labute approximate surface area is 129 Å². The van der Waals surface area contributed by atoms with Gasteiger partial charge in [-0.05, 0) is 18.6 Å². The van der Waals surface area contributed by atoms with E-state index in [0.717, 1.165) is 6.42 Å². The Kier molecular flexibility index (Phi) is 6.44. The van der Waals surface area contributed by atoms with Gasteiger partial charge in [0.25, 0.3) is 0 Å². The number of hydrogen-bond donors (Lipinski definition) is 2. The Morgan fingerprint density at radius 1 is 1.48 bits per heavy atom. The van der Waals surface area contributed by atoms with Gasteiger partial charge in [0, 0.05) is 6.07 Å². The predicted molar refractivity (Wildman–Crippen MR) is 79.3 cm³/mol. The molecule has 0 amide bonds. The van der Waals surface area contributed by atoms with Crippen molar-refractivity contribution in [1.29, 1.82) is 0 Å². The van der Waals surface area contributed by atoms with E-state index in [1.54, 1.807) is 0 Å². The third-order valence-corrected chi connectivity index (χ3v) is 4.82. The molecule has 0 saturated heterocycles. The standard InChI is InChI=1S/C13H18ClNO5S/c1-3-4-5-11(13(16)17)15-21(18,19)12-8-9(20-2)6-7-10(12)14/h6-8,11,15H,3-5H2,1-2H3,(H,16,17)/t11-/m0/s1. The molecule has 0 unspecified atom stereocenters. The zero-order valence-corrected chi connectivity index (χ0v) is 13.4. The molecule has 0 aliphatic carbocycles. The molecule has 0 aromatic heterocycles. The fourth-order valence-corrected chi connectivity index (χ4v) is 3.45. The van der Waals surface area contributed by atoms with Gasteiger partial charge in [0.2, 0.25) is 10.0 Å². The van der Waals surface area contributed by atoms with Crippen molar-refractivity contribution in [1.82, 2.24) is 4.72 Å². The Balaban J connectivity index is 3.07. The van der Waals surface area contributed by atoms with E-state index in [4.69, 9.17) is 21.4 Å². The molecule has 118 valence electrons. The van der Waals surface area contributed by atoms with Crippen molar-refractivity contribution in [2.75, 3.05) is 7.11 Å². The predicted octanol–water partition coefficient (Wildman–Crippen LogP) is 2.27. The number of carboxylic acids is 1. The largest absolute Gasteiger partial charge is 0.497 e. The van der Waals surface area contributed by atoms with E-state index in [1.807, 2.05) is 6.92 Å². The number of carboxylic acid groups (broad SMARTS) is 1. The van der Waals surface area contributed by atoms with Gasteiger partial charge < -0.3 is 9.84 Å². The van der Waals surface area contributed by atoms with Crippen molar-refractivity contribution >= 4 is 27.6 Å². The van der Waals surface area contributed by atoms with Gasteiger partial charge >= 0.3 is 5.97 Å². The van der Waals surface area contributed by atoms with E-state index in [9.17, 15) is 13.2 Å². The average Bonchev–Trinajstić information content (AvgIpc) is 2.43. The Hall–Kier alpha value is -1.31. The van der Waals surface area contributed by atoms with Crippen LogP contribution >= 0.6 is 11.6 Å². The van der Waals surface area contributed by atoms with Crippen molar-refractivity contribution in [2.45, 2.75) is 37.1 Å². The van der Waals surface area contributed by atoms with Crippen LogP contribution < -0.4 is 9.46 Å². The number of hydrogen-bond acceptors (Lipinski definition) is 4. The third kappa shape index (κ3) is 4.87. The van der Waals surface area contributed by atoms with Crippen molar-refractivity contribution in [3.8, 4) is 5.75 Å². The maximum Gasteiger partial charge on any atom is 0.321 e. The highest BCUT2D eigenvalue weighted by Gasteiger charge is 2.26. The number of methoxy groups -OCH3 is 1. The molecule has 6 nitrogen and oxygen atoms in total. The highest BCUT2D eigenvalue weighted by Crippen LogP contribution is 2.26. The van der Waals surface area contributed by atoms with Crippen LogP contribution in [0.15, 0.2) is 23.1 Å². The number of benzene rings is 1. The SMILES string of the molecule is CCCC[C@H](NS(=O)(=O)c1cc(OC)ccc1Cl)C(=O)O. The number of sulfonamides is 1. The molecule has 0 fully saturated rings. The van der Waals surface area contributed by atoms with Crippen LogP contribution in [-0.2, 0) is 14.8 Å². The van der Waals surface area contributed by atoms with E-state index >= 15 is 0 Å². The summed E-state index contributed by atoms with van der Waals surface area (Å²) in [6.45, 7) is 1.90. The molecule has 1 atom stereocenters. The Bertz CT molecular complexity index is 603. The molecule has 0 spiro atoms. The summed E-state index contributed by atoms with van der Waals surface area (Å²) in [7, 11) is -2.64. The van der Waals surface area contributed by atoms with E-state index in [2.05, 4.69) is 4.72 Å². The minimum atomic E-state index is -4.04. The summed E-state index contributed by atoms with van der Waals surface area (Å²) in [6, 6.07) is 2.98. The smallest absolute Gasteiger partial charge is 0.321 e. The second kappa shape index (κ2) is 7.63. The monoisotopic (exact) mass is 335 g/mol. The molecule has 21 heavy (non-hydrogen) atoms. The first-order valence-electron chi connectivity index (χ1n) is 6.40. The lowest BCUT2D eigenvalue weighted by molar-refractivity contribution is -0.139. The van der Waals surface area contributed by atoms with Crippen LogP contribution in [0.2, 0.25) is 5.02 Å². The summed E-state index contributed by atoms with van der Waals surface area (Å²) in [5.74, 6) is -0.897. The van der Waals surface area contributed by atoms with Gasteiger partial charge in [-0.1, -0.05) is 31.4 Å². The summed E-state index contributed by atoms with van der Waals surface area (Å²) in [5, 5.41) is 9.10. The number of carbonyl (C=O) groups is 1. The molecule has 0 heterocycles. The molecule has 0 saturated carbocycles. The Morgan fingerprint density at radius 2 is 2.14 bits per heavy atom. The zero-order valence-electron chi connectivity index (χ0n) is 11.8. The van der Waals surface area contributed by atoms with E-state index < -0.39 is 22.0 Å². The number of nitrogens with one attached hydrogen (secondary N) is 1. The highest BCUT2D eigenvalue weighted by atomic mass is 35.5. The van der Waals surface area contributed by atoms with Gasteiger partial charge in [-0.15, -0.1) is 0 Å². The van der Waals surface area contributed by atoms with E-state index in [0.29, 0.717) is 12.2 Å². The lowest BCUT2D eigenvalue weighted by atomic mass is 10.1. The lowest BCUT2D eigenvalue weighted by Gasteiger charge is -2.15. The second-order valence-electron chi connectivity index (χ2n) is 4.45. The van der Waals surface area contributed by atoms with Crippen LogP contribution in [0.4, 0.5) is 0 Å². The number of unbranched alkanes of at least 4 members (excludes halogenated alkanes) is 1. The first kappa shape index (κ1) is 17.7. The molecule has 0 aliphatic heterocycles. The fraction of sp³-hybridized carbons (Fsp3) is 0.462. The van der Waals surface area contributed by atoms with Crippen molar-refractivity contribution in [2.24, 2.45) is 0 Å². The van der Waals surface area contributed by atoms with Gasteiger partial charge in [-0.25, -0.2) is 8.42 Å². The molecule has 0 aliphatic rings. The quantitative estimate of drug-likeness (QED) is 0.760. The normalized spacial score (nSPS) is 12.9. The van der Waals surface area contributed by atoms with Crippen molar-refractivity contribution < 1.29 is 23.1 Å². The van der Waals surface area contributed by atoms with Crippen molar-refractivity contribution in [3.63, 3.8) is 0 Å². The van der Waals surface area contributed by atoms with Gasteiger partial charge in [-0.3, -0.25) is 4.79 Å². The molecule has 1 aromatic rings. The number of rotatable bonds is 8. The summed E-state index contributed by atoms with van der Waals surface area (Å²) < 4.78 is 31.7. The van der Waals surface area contributed by atoms with Gasteiger partial charge in [-0.2, -0.15) is 4.72 Å². The first-order chi connectivity index (χ1) is 9.81. The van der Waals surface area contributed by atoms with Crippen LogP contribution in [0.5, 0.6) is 5.75 Å². The summed E-state index contributed by atoms with van der Waals surface area (Å²) in [5.41, 5.74) is 0. The molecule has 1 rings (SSSR count). The summed E-state index contributed by atoms with van der Waals surface area (Å²) in [4.78, 5) is 10.9. The summed E-state index contributed by atoms with van der Waals surface area (Å²) >= 11 is 5.88. The van der Waals surface area contributed by atoms with Crippen LogP contribution in [0, 0.1) is 0 Å². The zero-order chi connectivity index (χ0) is 16.0. The highest BCUT2D eigenvalue weighted by molar-refractivity contribution is 7.89. The molecule has 0 radical (unpaired) electrons. The number of halogens is 1. The molecule has 1 aromatic carbocycles. The van der Waals surface area contributed by atoms with Crippen LogP contribution in [-0.4, -0.2) is 32.6 Å².